The highest BCUT2D eigenvalue weighted by atomic mass is 16.6. The molecule has 1 aromatic carbocycles. The molecule has 1 heterocycles. The Morgan fingerprint density at radius 1 is 1.19 bits per heavy atom. The van der Waals surface area contributed by atoms with E-state index in [2.05, 4.69) is 10.6 Å². The van der Waals surface area contributed by atoms with Gasteiger partial charge in [-0.2, -0.15) is 0 Å². The Labute approximate surface area is 160 Å². The minimum atomic E-state index is -0.619. The average Bonchev–Trinajstić information content (AvgIpc) is 3.04. The summed E-state index contributed by atoms with van der Waals surface area (Å²) in [6.45, 7) is 9.51. The molecule has 1 atom stereocenters. The van der Waals surface area contributed by atoms with E-state index in [0.717, 1.165) is 23.2 Å². The van der Waals surface area contributed by atoms with E-state index in [9.17, 15) is 14.4 Å². The smallest absolute Gasteiger partial charge is 0.410 e. The van der Waals surface area contributed by atoms with Crippen molar-refractivity contribution >= 4 is 23.6 Å². The number of likely N-dealkylation sites (tertiary alicyclic amines) is 1. The molecule has 0 aromatic heterocycles. The fourth-order valence-corrected chi connectivity index (χ4v) is 3.06. The summed E-state index contributed by atoms with van der Waals surface area (Å²) in [5, 5.41) is 5.46. The molecule has 1 saturated heterocycles. The summed E-state index contributed by atoms with van der Waals surface area (Å²) in [6.07, 6.45) is 0.787. The number of anilines is 1. The Hall–Kier alpha value is -2.57. The van der Waals surface area contributed by atoms with Crippen molar-refractivity contribution in [3.8, 4) is 0 Å². The number of benzene rings is 1. The van der Waals surface area contributed by atoms with Crippen LogP contribution in [0.2, 0.25) is 0 Å². The highest BCUT2D eigenvalue weighted by Crippen LogP contribution is 2.21. The van der Waals surface area contributed by atoms with Crippen LogP contribution in [-0.2, 0) is 14.3 Å². The van der Waals surface area contributed by atoms with Gasteiger partial charge >= 0.3 is 6.09 Å². The van der Waals surface area contributed by atoms with E-state index >= 15 is 0 Å². The quantitative estimate of drug-likeness (QED) is 0.847. The summed E-state index contributed by atoms with van der Waals surface area (Å²) in [5.74, 6) is -0.641. The predicted octanol–water partition coefficient (Wildman–Crippen LogP) is 2.76. The molecule has 0 radical (unpaired) electrons. The highest BCUT2D eigenvalue weighted by molar-refractivity contribution is 5.96. The molecular formula is C20H29N3O4. The second-order valence-electron chi connectivity index (χ2n) is 7.86. The zero-order valence-corrected chi connectivity index (χ0v) is 16.7. The lowest BCUT2D eigenvalue weighted by atomic mass is 10.1. The lowest BCUT2D eigenvalue weighted by Gasteiger charge is -2.28. The van der Waals surface area contributed by atoms with E-state index in [0.29, 0.717) is 13.0 Å². The number of hydrogen-bond acceptors (Lipinski definition) is 4. The van der Waals surface area contributed by atoms with Gasteiger partial charge in [-0.1, -0.05) is 18.2 Å². The van der Waals surface area contributed by atoms with Crippen molar-refractivity contribution in [1.82, 2.24) is 10.2 Å². The third-order valence-corrected chi connectivity index (χ3v) is 4.35. The average molecular weight is 375 g/mol. The van der Waals surface area contributed by atoms with Crippen molar-refractivity contribution in [2.75, 3.05) is 18.4 Å². The van der Waals surface area contributed by atoms with Crippen LogP contribution < -0.4 is 10.6 Å². The largest absolute Gasteiger partial charge is 0.444 e. The molecule has 1 aromatic rings. The number of carbonyl (C=O) groups is 3. The molecule has 1 fully saturated rings. The van der Waals surface area contributed by atoms with Crippen LogP contribution >= 0.6 is 0 Å². The summed E-state index contributed by atoms with van der Waals surface area (Å²) in [6, 6.07) is 5.15. The molecule has 0 aliphatic carbocycles. The van der Waals surface area contributed by atoms with Crippen LogP contribution in [0.5, 0.6) is 0 Å². The summed E-state index contributed by atoms with van der Waals surface area (Å²) >= 11 is 0. The van der Waals surface area contributed by atoms with Gasteiger partial charge in [-0.3, -0.25) is 14.5 Å². The molecule has 7 nitrogen and oxygen atoms in total. The van der Waals surface area contributed by atoms with Crippen molar-refractivity contribution in [2.45, 2.75) is 59.1 Å². The van der Waals surface area contributed by atoms with E-state index in [4.69, 9.17) is 4.74 Å². The fourth-order valence-electron chi connectivity index (χ4n) is 3.06. The molecule has 27 heavy (non-hydrogen) atoms. The zero-order valence-electron chi connectivity index (χ0n) is 16.7. The molecule has 2 rings (SSSR count). The standard InChI is InChI=1S/C20H29N3O4/c1-13-8-6-9-14(2)17(13)22-16(24)12-21-18(25)15-10-7-11-23(15)19(26)27-20(3,4)5/h6,8-9,15H,7,10-12H2,1-5H3,(H,21,25)(H,22,24)/t15-/m0/s1. The van der Waals surface area contributed by atoms with E-state index in [-0.39, 0.29) is 18.4 Å². The Balaban J connectivity index is 1.90. The molecule has 0 bridgehead atoms. The number of carbonyl (C=O) groups excluding carboxylic acids is 3. The first-order chi connectivity index (χ1) is 12.6. The first kappa shape index (κ1) is 20.7. The number of nitrogens with one attached hydrogen (secondary N) is 2. The van der Waals surface area contributed by atoms with Crippen molar-refractivity contribution < 1.29 is 19.1 Å². The number of nitrogens with zero attached hydrogens (tertiary/aromatic N) is 1. The summed E-state index contributed by atoms with van der Waals surface area (Å²) in [4.78, 5) is 38.4. The maximum atomic E-state index is 12.5. The SMILES string of the molecule is Cc1cccc(C)c1NC(=O)CNC(=O)[C@@H]1CCCN1C(=O)OC(C)(C)C. The van der Waals surface area contributed by atoms with Gasteiger partial charge in [0.1, 0.15) is 11.6 Å². The van der Waals surface area contributed by atoms with Gasteiger partial charge in [-0.15, -0.1) is 0 Å². The van der Waals surface area contributed by atoms with E-state index < -0.39 is 17.7 Å². The van der Waals surface area contributed by atoms with Crippen LogP contribution in [0.4, 0.5) is 10.5 Å². The third kappa shape index (κ3) is 5.70. The lowest BCUT2D eigenvalue weighted by molar-refractivity contribution is -0.127. The highest BCUT2D eigenvalue weighted by Gasteiger charge is 2.36. The van der Waals surface area contributed by atoms with Crippen LogP contribution in [0.3, 0.4) is 0 Å². The van der Waals surface area contributed by atoms with Gasteiger partial charge in [0.2, 0.25) is 11.8 Å². The summed E-state index contributed by atoms with van der Waals surface area (Å²) in [5.41, 5.74) is 2.06. The maximum absolute atomic E-state index is 12.5. The van der Waals surface area contributed by atoms with E-state index in [1.54, 1.807) is 20.8 Å². The monoisotopic (exact) mass is 375 g/mol. The Morgan fingerprint density at radius 3 is 2.41 bits per heavy atom. The van der Waals surface area contributed by atoms with Crippen molar-refractivity contribution in [2.24, 2.45) is 0 Å². The summed E-state index contributed by atoms with van der Waals surface area (Å²) < 4.78 is 5.36. The first-order valence-corrected chi connectivity index (χ1v) is 9.22. The fraction of sp³-hybridized carbons (Fsp3) is 0.550. The normalized spacial score (nSPS) is 16.8. The third-order valence-electron chi connectivity index (χ3n) is 4.35. The second kappa shape index (κ2) is 8.41. The molecule has 0 unspecified atom stereocenters. The van der Waals surface area contributed by atoms with Gasteiger partial charge in [0.15, 0.2) is 0 Å². The van der Waals surface area contributed by atoms with Crippen LogP contribution in [0.25, 0.3) is 0 Å². The van der Waals surface area contributed by atoms with Crippen LogP contribution in [0, 0.1) is 13.8 Å². The number of ether oxygens (including phenoxy) is 1. The molecule has 0 spiro atoms. The van der Waals surface area contributed by atoms with E-state index in [1.165, 1.54) is 4.90 Å². The minimum absolute atomic E-state index is 0.148. The van der Waals surface area contributed by atoms with Crippen molar-refractivity contribution in [1.29, 1.82) is 0 Å². The number of para-hydroxylation sites is 1. The van der Waals surface area contributed by atoms with Crippen LogP contribution in [0.15, 0.2) is 18.2 Å². The number of hydrogen-bond donors (Lipinski definition) is 2. The maximum Gasteiger partial charge on any atom is 0.410 e. The van der Waals surface area contributed by atoms with Crippen LogP contribution in [0.1, 0.15) is 44.7 Å². The first-order valence-electron chi connectivity index (χ1n) is 9.22. The molecule has 0 saturated carbocycles. The topological polar surface area (TPSA) is 87.7 Å². The lowest BCUT2D eigenvalue weighted by Crippen LogP contribution is -2.48. The molecule has 1 aliphatic heterocycles. The van der Waals surface area contributed by atoms with Gasteiger partial charge in [-0.25, -0.2) is 4.79 Å². The van der Waals surface area contributed by atoms with Gasteiger partial charge in [0, 0.05) is 12.2 Å². The molecule has 148 valence electrons. The Morgan fingerprint density at radius 2 is 1.81 bits per heavy atom. The molecule has 1 aliphatic rings. The van der Waals surface area contributed by atoms with Gasteiger partial charge in [0.05, 0.1) is 6.54 Å². The number of aryl methyl sites for hydroxylation is 2. The minimum Gasteiger partial charge on any atom is -0.444 e. The van der Waals surface area contributed by atoms with Crippen molar-refractivity contribution in [3.63, 3.8) is 0 Å². The predicted molar refractivity (Wildman–Crippen MR) is 104 cm³/mol. The molecule has 3 amide bonds. The summed E-state index contributed by atoms with van der Waals surface area (Å²) in [7, 11) is 0. The Bertz CT molecular complexity index is 704. The van der Waals surface area contributed by atoms with E-state index in [1.807, 2.05) is 32.0 Å². The van der Waals surface area contributed by atoms with Crippen molar-refractivity contribution in [3.05, 3.63) is 29.3 Å². The van der Waals surface area contributed by atoms with Gasteiger partial charge in [0.25, 0.3) is 0 Å². The molecule has 7 heteroatoms. The van der Waals surface area contributed by atoms with Crippen LogP contribution in [-0.4, -0.2) is 47.5 Å². The molecular weight excluding hydrogens is 346 g/mol. The molecule has 2 N–H and O–H groups in total. The zero-order chi connectivity index (χ0) is 20.2. The van der Waals surface area contributed by atoms with Gasteiger partial charge in [-0.05, 0) is 58.6 Å². The number of rotatable bonds is 4. The number of amides is 3. The Kier molecular flexibility index (Phi) is 6.46. The second-order valence-corrected chi connectivity index (χ2v) is 7.86. The van der Waals surface area contributed by atoms with Gasteiger partial charge < -0.3 is 15.4 Å².